The van der Waals surface area contributed by atoms with Gasteiger partial charge in [-0.2, -0.15) is 0 Å². The van der Waals surface area contributed by atoms with Crippen LogP contribution in [0.1, 0.15) is 18.1 Å². The number of aliphatic carboxylic acids is 1. The minimum atomic E-state index is -1.53. The summed E-state index contributed by atoms with van der Waals surface area (Å²) in [6.45, 7) is 1.52. The Morgan fingerprint density at radius 2 is 1.32 bits per heavy atom. The molecule has 0 aromatic heterocycles. The minimum Gasteiger partial charge on any atom is -0.481 e. The van der Waals surface area contributed by atoms with Crippen molar-refractivity contribution in [2.24, 2.45) is 5.92 Å². The van der Waals surface area contributed by atoms with Crippen molar-refractivity contribution in [3.63, 3.8) is 0 Å². The van der Waals surface area contributed by atoms with Gasteiger partial charge in [0, 0.05) is 0 Å². The van der Waals surface area contributed by atoms with Crippen molar-refractivity contribution in [2.75, 3.05) is 0 Å². The molecule has 0 amide bonds. The highest BCUT2D eigenvalue weighted by atomic mass is 16.4. The Balaban J connectivity index is 2.61. The third-order valence-electron chi connectivity index (χ3n) is 3.42. The summed E-state index contributed by atoms with van der Waals surface area (Å²) in [4.78, 5) is 11.3. The van der Waals surface area contributed by atoms with Crippen molar-refractivity contribution in [1.82, 2.24) is 0 Å². The maximum atomic E-state index is 11.3. The summed E-state index contributed by atoms with van der Waals surface area (Å²) < 4.78 is 0. The lowest BCUT2D eigenvalue weighted by Crippen LogP contribution is -2.39. The van der Waals surface area contributed by atoms with Gasteiger partial charge < -0.3 is 10.2 Å². The van der Waals surface area contributed by atoms with E-state index in [2.05, 4.69) is 0 Å². The smallest absolute Gasteiger partial charge is 0.309 e. The van der Waals surface area contributed by atoms with Crippen LogP contribution in [0.3, 0.4) is 0 Å². The van der Waals surface area contributed by atoms with Crippen molar-refractivity contribution >= 4 is 5.97 Å². The van der Waals surface area contributed by atoms with E-state index in [1.165, 1.54) is 6.92 Å². The van der Waals surface area contributed by atoms with Gasteiger partial charge in [-0.1, -0.05) is 60.7 Å². The lowest BCUT2D eigenvalue weighted by molar-refractivity contribution is -0.149. The van der Waals surface area contributed by atoms with Gasteiger partial charge in [0.05, 0.1) is 5.92 Å². The molecule has 3 heteroatoms. The first-order valence-electron chi connectivity index (χ1n) is 6.13. The molecule has 2 N–H and O–H groups in total. The van der Waals surface area contributed by atoms with E-state index in [1.807, 2.05) is 12.1 Å². The molecule has 0 aliphatic heterocycles. The zero-order valence-electron chi connectivity index (χ0n) is 10.7. The number of carbonyl (C=O) groups is 1. The second-order valence-corrected chi connectivity index (χ2v) is 4.56. The SMILES string of the molecule is C[C@@H](C(=O)O)C(O)(c1ccccc1)c1ccccc1. The fraction of sp³-hybridized carbons (Fsp3) is 0.188. The summed E-state index contributed by atoms with van der Waals surface area (Å²) in [5, 5.41) is 20.3. The van der Waals surface area contributed by atoms with Crippen LogP contribution in [0.2, 0.25) is 0 Å². The second-order valence-electron chi connectivity index (χ2n) is 4.56. The molecule has 0 radical (unpaired) electrons. The summed E-state index contributed by atoms with van der Waals surface area (Å²) in [5.74, 6) is -1.98. The molecule has 2 aromatic carbocycles. The molecule has 19 heavy (non-hydrogen) atoms. The van der Waals surface area contributed by atoms with Gasteiger partial charge in [-0.3, -0.25) is 4.79 Å². The summed E-state index contributed by atoms with van der Waals surface area (Å²) in [7, 11) is 0. The van der Waals surface area contributed by atoms with Crippen LogP contribution < -0.4 is 0 Å². The molecule has 98 valence electrons. The predicted molar refractivity (Wildman–Crippen MR) is 72.7 cm³/mol. The molecule has 0 aliphatic rings. The molecule has 0 heterocycles. The highest BCUT2D eigenvalue weighted by molar-refractivity contribution is 5.72. The molecule has 0 unspecified atom stereocenters. The van der Waals surface area contributed by atoms with E-state index in [0.29, 0.717) is 11.1 Å². The van der Waals surface area contributed by atoms with E-state index in [9.17, 15) is 15.0 Å². The molecule has 0 spiro atoms. The third-order valence-corrected chi connectivity index (χ3v) is 3.42. The Kier molecular flexibility index (Phi) is 3.67. The number of carboxylic acids is 1. The Hall–Kier alpha value is -2.13. The van der Waals surface area contributed by atoms with Crippen molar-refractivity contribution in [1.29, 1.82) is 0 Å². The van der Waals surface area contributed by atoms with Crippen LogP contribution in [0.4, 0.5) is 0 Å². The normalized spacial score (nSPS) is 12.9. The van der Waals surface area contributed by atoms with E-state index >= 15 is 0 Å². The fourth-order valence-corrected chi connectivity index (χ4v) is 2.23. The summed E-state index contributed by atoms with van der Waals surface area (Å²) in [6.07, 6.45) is 0. The molecule has 2 aromatic rings. The van der Waals surface area contributed by atoms with Crippen molar-refractivity contribution in [3.8, 4) is 0 Å². The zero-order chi connectivity index (χ0) is 13.9. The largest absolute Gasteiger partial charge is 0.481 e. The molecule has 2 rings (SSSR count). The average molecular weight is 256 g/mol. The van der Waals surface area contributed by atoms with E-state index in [4.69, 9.17) is 0 Å². The molecule has 0 saturated heterocycles. The number of hydrogen-bond acceptors (Lipinski definition) is 2. The van der Waals surface area contributed by atoms with Gasteiger partial charge in [-0.05, 0) is 18.1 Å². The van der Waals surface area contributed by atoms with Gasteiger partial charge in [0.25, 0.3) is 0 Å². The standard InChI is InChI=1S/C16H16O3/c1-12(15(17)18)16(19,13-8-4-2-5-9-13)14-10-6-3-7-11-14/h2-12,19H,1H3,(H,17,18)/t12-/m0/s1. The first kappa shape index (κ1) is 13.3. The molecule has 0 saturated carbocycles. The number of rotatable bonds is 4. The number of benzene rings is 2. The van der Waals surface area contributed by atoms with Crippen LogP contribution in [0, 0.1) is 5.92 Å². The van der Waals surface area contributed by atoms with Crippen molar-refractivity contribution in [3.05, 3.63) is 71.8 Å². The number of aliphatic hydroxyl groups is 1. The summed E-state index contributed by atoms with van der Waals surface area (Å²) >= 11 is 0. The maximum Gasteiger partial charge on any atom is 0.309 e. The molecule has 0 fully saturated rings. The van der Waals surface area contributed by atoms with Crippen molar-refractivity contribution < 1.29 is 15.0 Å². The van der Waals surface area contributed by atoms with Gasteiger partial charge >= 0.3 is 5.97 Å². The van der Waals surface area contributed by atoms with Crippen LogP contribution in [0.25, 0.3) is 0 Å². The quantitative estimate of drug-likeness (QED) is 0.884. The Morgan fingerprint density at radius 3 is 1.63 bits per heavy atom. The van der Waals surface area contributed by atoms with Gasteiger partial charge in [0.2, 0.25) is 0 Å². The third kappa shape index (κ3) is 2.37. The first-order valence-corrected chi connectivity index (χ1v) is 6.13. The average Bonchev–Trinajstić information content (AvgIpc) is 2.47. The Morgan fingerprint density at radius 1 is 0.947 bits per heavy atom. The highest BCUT2D eigenvalue weighted by Crippen LogP contribution is 2.36. The molecular weight excluding hydrogens is 240 g/mol. The highest BCUT2D eigenvalue weighted by Gasteiger charge is 2.41. The van der Waals surface area contributed by atoms with E-state index < -0.39 is 17.5 Å². The Bertz CT molecular complexity index is 509. The van der Waals surface area contributed by atoms with Gasteiger partial charge in [-0.15, -0.1) is 0 Å². The number of hydrogen-bond donors (Lipinski definition) is 2. The lowest BCUT2D eigenvalue weighted by atomic mass is 9.77. The minimum absolute atomic E-state index is 0.580. The van der Waals surface area contributed by atoms with Crippen LogP contribution >= 0.6 is 0 Å². The topological polar surface area (TPSA) is 57.5 Å². The van der Waals surface area contributed by atoms with Gasteiger partial charge in [0.1, 0.15) is 5.60 Å². The first-order chi connectivity index (χ1) is 9.06. The van der Waals surface area contributed by atoms with Crippen molar-refractivity contribution in [2.45, 2.75) is 12.5 Å². The summed E-state index contributed by atoms with van der Waals surface area (Å²) in [5.41, 5.74) is -0.374. The molecule has 1 atom stereocenters. The Labute approximate surface area is 112 Å². The molecular formula is C16H16O3. The predicted octanol–water partition coefficient (Wildman–Crippen LogP) is 2.64. The second kappa shape index (κ2) is 5.24. The van der Waals surface area contributed by atoms with Gasteiger partial charge in [0.15, 0.2) is 0 Å². The lowest BCUT2D eigenvalue weighted by Gasteiger charge is -2.33. The maximum absolute atomic E-state index is 11.3. The van der Waals surface area contributed by atoms with E-state index in [1.54, 1.807) is 48.5 Å². The van der Waals surface area contributed by atoms with Crippen LogP contribution in [0.15, 0.2) is 60.7 Å². The van der Waals surface area contributed by atoms with Gasteiger partial charge in [-0.25, -0.2) is 0 Å². The monoisotopic (exact) mass is 256 g/mol. The zero-order valence-corrected chi connectivity index (χ0v) is 10.7. The molecule has 0 bridgehead atoms. The summed E-state index contributed by atoms with van der Waals surface area (Å²) in [6, 6.07) is 17.8. The van der Waals surface area contributed by atoms with Crippen LogP contribution in [-0.2, 0) is 10.4 Å². The van der Waals surface area contributed by atoms with Crippen LogP contribution in [-0.4, -0.2) is 16.2 Å². The van der Waals surface area contributed by atoms with Crippen LogP contribution in [0.5, 0.6) is 0 Å². The fourth-order valence-electron chi connectivity index (χ4n) is 2.23. The van der Waals surface area contributed by atoms with E-state index in [-0.39, 0.29) is 0 Å². The molecule has 3 nitrogen and oxygen atoms in total. The number of carboxylic acid groups (broad SMARTS) is 1. The molecule has 0 aliphatic carbocycles. The van der Waals surface area contributed by atoms with E-state index in [0.717, 1.165) is 0 Å².